The van der Waals surface area contributed by atoms with E-state index in [1.807, 2.05) is 0 Å². The second-order valence-corrected chi connectivity index (χ2v) is 5.12. The van der Waals surface area contributed by atoms with E-state index in [9.17, 15) is 0 Å². The van der Waals surface area contributed by atoms with Crippen LogP contribution in [0, 0.1) is 15.9 Å². The molecule has 0 bridgehead atoms. The van der Waals surface area contributed by atoms with Crippen molar-refractivity contribution in [2.45, 2.75) is 20.3 Å². The van der Waals surface area contributed by atoms with E-state index in [4.69, 9.17) is 24.4 Å². The lowest BCUT2D eigenvalue weighted by molar-refractivity contribution is 0.349. The van der Waals surface area contributed by atoms with Crippen LogP contribution in [0.5, 0.6) is 0 Å². The molecule has 0 heterocycles. The number of hydrogen-bond acceptors (Lipinski definition) is 4. The Kier molecular flexibility index (Phi) is 5.02. The van der Waals surface area contributed by atoms with Gasteiger partial charge in [-0.1, -0.05) is 31.4 Å². The highest BCUT2D eigenvalue weighted by Gasteiger charge is 2.14. The van der Waals surface area contributed by atoms with Crippen LogP contribution in [-0.4, -0.2) is 38.6 Å². The summed E-state index contributed by atoms with van der Waals surface area (Å²) in [6, 6.07) is 0. The maximum Gasteiger partial charge on any atom is 0.0797 e. The highest BCUT2D eigenvalue weighted by atomic mass is 32.1. The molecule has 0 radical (unpaired) electrons. The van der Waals surface area contributed by atoms with E-state index in [2.05, 4.69) is 37.7 Å². The molecule has 0 aromatic heterocycles. The summed E-state index contributed by atoms with van der Waals surface area (Å²) in [5.74, 6) is 0. The highest BCUT2D eigenvalue weighted by molar-refractivity contribution is 7.74. The summed E-state index contributed by atoms with van der Waals surface area (Å²) in [6.45, 7) is 7.51. The summed E-state index contributed by atoms with van der Waals surface area (Å²) in [5, 5.41) is 0. The van der Waals surface area contributed by atoms with Gasteiger partial charge in [-0.25, -0.2) is 0 Å². The fourth-order valence-electron chi connectivity index (χ4n) is 1.80. The van der Waals surface area contributed by atoms with Crippen molar-refractivity contribution in [3.8, 4) is 0 Å². The minimum absolute atomic E-state index is 0.874. The number of anilines is 1. The SMILES string of the molecule is CCN(C)CCCN(C)c1c(C)c(=S)c1=S. The molecule has 0 saturated heterocycles. The van der Waals surface area contributed by atoms with Crippen LogP contribution in [0.25, 0.3) is 0 Å². The molecule has 0 aliphatic rings. The Morgan fingerprint density at radius 2 is 1.69 bits per heavy atom. The van der Waals surface area contributed by atoms with Gasteiger partial charge in [0, 0.05) is 13.6 Å². The lowest BCUT2D eigenvalue weighted by Gasteiger charge is -2.25. The molecule has 2 nitrogen and oxygen atoms in total. The summed E-state index contributed by atoms with van der Waals surface area (Å²) >= 11 is 10.4. The van der Waals surface area contributed by atoms with Crippen LogP contribution in [0.1, 0.15) is 18.9 Å². The predicted octanol–water partition coefficient (Wildman–Crippen LogP) is 3.11. The lowest BCUT2D eigenvalue weighted by Crippen LogP contribution is -2.26. The molecule has 1 rings (SSSR count). The van der Waals surface area contributed by atoms with Gasteiger partial charge in [-0.3, -0.25) is 0 Å². The Morgan fingerprint density at radius 3 is 2.19 bits per heavy atom. The van der Waals surface area contributed by atoms with E-state index < -0.39 is 0 Å². The number of hydrogen-bond donors (Lipinski definition) is 0. The summed E-state index contributed by atoms with van der Waals surface area (Å²) < 4.78 is 1.75. The number of nitrogens with zero attached hydrogens (tertiary/aromatic N) is 2. The van der Waals surface area contributed by atoms with Crippen molar-refractivity contribution < 1.29 is 0 Å². The van der Waals surface area contributed by atoms with Crippen LogP contribution in [0.15, 0.2) is 0 Å². The maximum absolute atomic E-state index is 5.25. The molecule has 90 valence electrons. The molecule has 0 saturated carbocycles. The molecule has 0 aliphatic heterocycles. The molecule has 0 fully saturated rings. The monoisotopic (exact) mass is 256 g/mol. The zero-order valence-corrected chi connectivity index (χ0v) is 12.2. The molecule has 0 spiro atoms. The molecule has 0 atom stereocenters. The molecule has 1 aromatic carbocycles. The first-order chi connectivity index (χ1) is 7.49. The maximum atomic E-state index is 5.25. The van der Waals surface area contributed by atoms with Gasteiger partial charge in [-0.15, -0.1) is 0 Å². The third-order valence-electron chi connectivity index (χ3n) is 3.07. The smallest absolute Gasteiger partial charge is 0.0797 e. The van der Waals surface area contributed by atoms with Gasteiger partial charge < -0.3 is 9.80 Å². The zero-order chi connectivity index (χ0) is 12.3. The summed E-state index contributed by atoms with van der Waals surface area (Å²) in [6.07, 6.45) is 1.16. The van der Waals surface area contributed by atoms with Gasteiger partial charge in [0.2, 0.25) is 0 Å². The molecule has 1 aromatic rings. The first-order valence-electron chi connectivity index (χ1n) is 5.68. The Balaban J connectivity index is 2.46. The quantitative estimate of drug-likeness (QED) is 0.721. The van der Waals surface area contributed by atoms with Gasteiger partial charge in [0.05, 0.1) is 14.7 Å². The second-order valence-electron chi connectivity index (χ2n) is 4.30. The van der Waals surface area contributed by atoms with Crippen molar-refractivity contribution in [1.82, 2.24) is 4.90 Å². The predicted molar refractivity (Wildman–Crippen MR) is 76.3 cm³/mol. The lowest BCUT2D eigenvalue weighted by atomic mass is 10.1. The van der Waals surface area contributed by atoms with Gasteiger partial charge >= 0.3 is 0 Å². The summed E-state index contributed by atoms with van der Waals surface area (Å²) in [4.78, 5) is 4.55. The first kappa shape index (κ1) is 13.7. The van der Waals surface area contributed by atoms with E-state index in [0.29, 0.717) is 0 Å². The van der Waals surface area contributed by atoms with Gasteiger partial charge in [-0.05, 0) is 39.0 Å². The van der Waals surface area contributed by atoms with Crippen molar-refractivity contribution in [2.24, 2.45) is 0 Å². The molecular weight excluding hydrogens is 236 g/mol. The van der Waals surface area contributed by atoms with Crippen LogP contribution in [0.2, 0.25) is 0 Å². The third kappa shape index (κ3) is 2.87. The Bertz CT molecular complexity index is 419. The fraction of sp³-hybridized carbons (Fsp3) is 0.667. The van der Waals surface area contributed by atoms with Gasteiger partial charge in [0.1, 0.15) is 0 Å². The van der Waals surface area contributed by atoms with Gasteiger partial charge in [0.25, 0.3) is 0 Å². The van der Waals surface area contributed by atoms with Crippen molar-refractivity contribution in [1.29, 1.82) is 0 Å². The highest BCUT2D eigenvalue weighted by Crippen LogP contribution is 2.28. The zero-order valence-electron chi connectivity index (χ0n) is 10.5. The number of rotatable bonds is 6. The van der Waals surface area contributed by atoms with Crippen LogP contribution in [-0.2, 0) is 0 Å². The minimum Gasteiger partial charge on any atom is -0.373 e. The topological polar surface area (TPSA) is 6.48 Å². The average Bonchev–Trinajstić information content (AvgIpc) is 2.28. The van der Waals surface area contributed by atoms with Crippen molar-refractivity contribution >= 4 is 30.1 Å². The molecule has 0 amide bonds. The molecular formula is C12H20N2S2. The Labute approximate surface area is 109 Å². The van der Waals surface area contributed by atoms with Crippen LogP contribution in [0.4, 0.5) is 5.69 Å². The van der Waals surface area contributed by atoms with Crippen LogP contribution < -0.4 is 4.90 Å². The Morgan fingerprint density at radius 1 is 1.06 bits per heavy atom. The van der Waals surface area contributed by atoms with Crippen molar-refractivity contribution in [3.63, 3.8) is 0 Å². The summed E-state index contributed by atoms with van der Waals surface area (Å²) in [5.41, 5.74) is 2.37. The summed E-state index contributed by atoms with van der Waals surface area (Å²) in [7, 11) is 4.24. The normalized spacial score (nSPS) is 11.3. The Hall–Kier alpha value is -0.320. The molecule has 4 heteroatoms. The van der Waals surface area contributed by atoms with Gasteiger partial charge in [0.15, 0.2) is 0 Å². The third-order valence-corrected chi connectivity index (χ3v) is 4.11. The van der Waals surface area contributed by atoms with E-state index in [0.717, 1.165) is 35.1 Å². The van der Waals surface area contributed by atoms with Crippen molar-refractivity contribution in [2.75, 3.05) is 38.6 Å². The van der Waals surface area contributed by atoms with Gasteiger partial charge in [-0.2, -0.15) is 0 Å². The molecule has 16 heavy (non-hydrogen) atoms. The van der Waals surface area contributed by atoms with E-state index in [-0.39, 0.29) is 0 Å². The van der Waals surface area contributed by atoms with E-state index >= 15 is 0 Å². The van der Waals surface area contributed by atoms with Crippen LogP contribution >= 0.6 is 24.4 Å². The molecule has 0 aliphatic carbocycles. The molecule has 0 unspecified atom stereocenters. The average molecular weight is 256 g/mol. The van der Waals surface area contributed by atoms with E-state index in [1.54, 1.807) is 0 Å². The minimum atomic E-state index is 0.874. The largest absolute Gasteiger partial charge is 0.373 e. The standard InChI is InChI=1S/C12H20N2S2/c1-5-13(3)7-6-8-14(4)10-9(2)11(15)12(10)16/h5-8H2,1-4H3. The molecule has 0 N–H and O–H groups in total. The second kappa shape index (κ2) is 5.84. The van der Waals surface area contributed by atoms with E-state index in [1.165, 1.54) is 11.3 Å². The van der Waals surface area contributed by atoms with Crippen molar-refractivity contribution in [3.05, 3.63) is 14.6 Å². The van der Waals surface area contributed by atoms with Crippen LogP contribution in [0.3, 0.4) is 0 Å². The fourth-order valence-corrected chi connectivity index (χ4v) is 2.46. The first-order valence-corrected chi connectivity index (χ1v) is 6.50.